The molecule has 2 saturated carbocycles. The van der Waals surface area contributed by atoms with Crippen LogP contribution in [0.3, 0.4) is 0 Å². The zero-order valence-corrected chi connectivity index (χ0v) is 60.2. The Hall–Kier alpha value is -12.9. The summed E-state index contributed by atoms with van der Waals surface area (Å²) in [6.07, 6.45) is 13.0. The average molecular weight is 1390 g/mol. The second kappa shape index (κ2) is 28.5. The Balaban J connectivity index is 0.000000147. The first kappa shape index (κ1) is 65.8. The highest BCUT2D eigenvalue weighted by Gasteiger charge is 2.45. The van der Waals surface area contributed by atoms with Crippen molar-refractivity contribution >= 4 is 0 Å². The van der Waals surface area contributed by atoms with Crippen molar-refractivity contribution in [3.8, 4) is 157 Å². The van der Waals surface area contributed by atoms with Gasteiger partial charge in [0.05, 0.1) is 0 Å². The number of fused-ring (bicyclic) bond motifs is 10. The molecule has 0 N–H and O–H groups in total. The number of hydrogen-bond donors (Lipinski definition) is 0. The summed E-state index contributed by atoms with van der Waals surface area (Å²) in [5, 5.41) is 0. The van der Waals surface area contributed by atoms with Crippen molar-refractivity contribution in [3.05, 3.63) is 374 Å². The van der Waals surface area contributed by atoms with Gasteiger partial charge in [-0.2, -0.15) is 0 Å². The maximum absolute atomic E-state index is 4.94. The molecule has 2 heterocycles. The molecule has 2 spiro atoms. The first-order valence-electron chi connectivity index (χ1n) is 38.3. The fourth-order valence-electron chi connectivity index (χ4n) is 17.7. The minimum absolute atomic E-state index is 0.185. The van der Waals surface area contributed by atoms with Crippen molar-refractivity contribution in [2.75, 3.05) is 0 Å². The maximum atomic E-state index is 4.94. The number of hydrogen-bond acceptors (Lipinski definition) is 6. The average Bonchev–Trinajstić information content (AvgIpc) is 1.57. The van der Waals surface area contributed by atoms with Crippen LogP contribution in [-0.4, -0.2) is 29.9 Å². The molecule has 20 rings (SSSR count). The molecule has 0 atom stereocenters. The summed E-state index contributed by atoms with van der Waals surface area (Å²) in [5.74, 6) is 3.96. The lowest BCUT2D eigenvalue weighted by Crippen LogP contribution is -2.27. The Bertz CT molecular complexity index is 5850. The van der Waals surface area contributed by atoms with Gasteiger partial charge in [-0.15, -0.1) is 0 Å². The van der Waals surface area contributed by atoms with Crippen LogP contribution in [0.25, 0.3) is 157 Å². The van der Waals surface area contributed by atoms with Crippen LogP contribution in [0.5, 0.6) is 0 Å². The highest BCUT2D eigenvalue weighted by Crippen LogP contribution is 2.58. The number of nitrogens with zero attached hydrogens (tertiary/aromatic N) is 6. The summed E-state index contributed by atoms with van der Waals surface area (Å²) in [4.78, 5) is 29.4. The van der Waals surface area contributed by atoms with E-state index in [0.717, 1.165) is 50.1 Å². The van der Waals surface area contributed by atoms with Crippen molar-refractivity contribution in [3.63, 3.8) is 0 Å². The SMILES string of the molecule is c1ccc(-c2nc(-c3ccccc3)nc(-c3ccc(-c4cccc(-c5cccc(-c6ccc7c(c6)-c6ccccc6C76CCCCC6)c5)c4)cc3)n2)cc1.c1ccc(-c2nc(-c3ccccc3)nc(-c3cccc(-c4ccc(-c5ccc(-c6ccc7c(c6)-c6ccccc6C76CCCCC6)cc5)cc4)c3)n2)cc1. The lowest BCUT2D eigenvalue weighted by molar-refractivity contribution is 0.353. The second-order valence-corrected chi connectivity index (χ2v) is 29.4. The van der Waals surface area contributed by atoms with E-state index < -0.39 is 0 Å². The number of benzene rings is 14. The van der Waals surface area contributed by atoms with Crippen LogP contribution < -0.4 is 0 Å². The summed E-state index contributed by atoms with van der Waals surface area (Å²) in [6, 6.07) is 126. The van der Waals surface area contributed by atoms with E-state index in [1.165, 1.54) is 153 Å². The van der Waals surface area contributed by atoms with Crippen LogP contribution in [0.2, 0.25) is 0 Å². The van der Waals surface area contributed by atoms with E-state index in [1.807, 2.05) is 121 Å². The van der Waals surface area contributed by atoms with Crippen molar-refractivity contribution in [1.82, 2.24) is 29.9 Å². The first-order valence-corrected chi connectivity index (χ1v) is 38.3. The second-order valence-electron chi connectivity index (χ2n) is 29.4. The minimum atomic E-state index is 0.185. The summed E-state index contributed by atoms with van der Waals surface area (Å²) in [5.41, 5.74) is 32.4. The van der Waals surface area contributed by atoms with Gasteiger partial charge in [-0.25, -0.2) is 29.9 Å². The van der Waals surface area contributed by atoms with E-state index in [2.05, 4.69) is 231 Å². The lowest BCUT2D eigenvalue weighted by atomic mass is 9.68. The fourth-order valence-corrected chi connectivity index (χ4v) is 17.7. The van der Waals surface area contributed by atoms with Crippen LogP contribution in [0, 0.1) is 0 Å². The Morgan fingerprint density at radius 2 is 0.361 bits per heavy atom. The van der Waals surface area contributed by atoms with Gasteiger partial charge >= 0.3 is 0 Å². The van der Waals surface area contributed by atoms with Gasteiger partial charge in [-0.3, -0.25) is 0 Å². The molecular weight excluding hydrogens is 1310 g/mol. The van der Waals surface area contributed by atoms with Crippen molar-refractivity contribution in [2.24, 2.45) is 0 Å². The number of aromatic nitrogens is 6. The lowest BCUT2D eigenvalue weighted by Gasteiger charge is -2.36. The van der Waals surface area contributed by atoms with Crippen LogP contribution in [0.4, 0.5) is 0 Å². The minimum Gasteiger partial charge on any atom is -0.208 e. The number of rotatable bonds is 12. The first-order chi connectivity index (χ1) is 53.4. The molecule has 2 aromatic heterocycles. The smallest absolute Gasteiger partial charge is 0.164 e. The molecule has 14 aromatic carbocycles. The van der Waals surface area contributed by atoms with Gasteiger partial charge in [0.1, 0.15) is 0 Å². The normalized spacial score (nSPS) is 14.1. The molecule has 2 fully saturated rings. The van der Waals surface area contributed by atoms with E-state index in [9.17, 15) is 0 Å². The van der Waals surface area contributed by atoms with Crippen LogP contribution in [0.15, 0.2) is 352 Å². The Labute approximate surface area is 632 Å². The van der Waals surface area contributed by atoms with E-state index >= 15 is 0 Å². The molecule has 108 heavy (non-hydrogen) atoms. The molecule has 0 unspecified atom stereocenters. The molecule has 0 amide bonds. The van der Waals surface area contributed by atoms with Gasteiger partial charge < -0.3 is 0 Å². The van der Waals surface area contributed by atoms with E-state index in [1.54, 1.807) is 5.56 Å². The van der Waals surface area contributed by atoms with Crippen LogP contribution in [0.1, 0.15) is 86.5 Å². The van der Waals surface area contributed by atoms with Gasteiger partial charge in [-0.05, 0) is 167 Å². The Morgan fingerprint density at radius 3 is 0.704 bits per heavy atom. The van der Waals surface area contributed by atoms with Gasteiger partial charge in [0.25, 0.3) is 0 Å². The van der Waals surface area contributed by atoms with Crippen molar-refractivity contribution < 1.29 is 0 Å². The maximum Gasteiger partial charge on any atom is 0.164 e. The van der Waals surface area contributed by atoms with Crippen LogP contribution in [-0.2, 0) is 10.8 Å². The predicted molar refractivity (Wildman–Crippen MR) is 443 cm³/mol. The molecule has 6 nitrogen and oxygen atoms in total. The highest BCUT2D eigenvalue weighted by molar-refractivity contribution is 5.88. The Kier molecular flexibility index (Phi) is 17.4. The monoisotopic (exact) mass is 1390 g/mol. The third-order valence-corrected chi connectivity index (χ3v) is 23.1. The summed E-state index contributed by atoms with van der Waals surface area (Å²) in [7, 11) is 0. The molecule has 516 valence electrons. The molecule has 0 saturated heterocycles. The molecule has 0 aliphatic heterocycles. The van der Waals surface area contributed by atoms with Crippen molar-refractivity contribution in [2.45, 2.75) is 75.0 Å². The summed E-state index contributed by atoms with van der Waals surface area (Å²) in [6.45, 7) is 0. The largest absolute Gasteiger partial charge is 0.208 e. The zero-order chi connectivity index (χ0) is 71.8. The topological polar surface area (TPSA) is 77.3 Å². The molecule has 4 aliphatic carbocycles. The summed E-state index contributed by atoms with van der Waals surface area (Å²) < 4.78 is 0. The predicted octanol–water partition coefficient (Wildman–Crippen LogP) is 26.2. The summed E-state index contributed by atoms with van der Waals surface area (Å²) >= 11 is 0. The van der Waals surface area contributed by atoms with Gasteiger partial charge in [0.2, 0.25) is 0 Å². The molecule has 16 aromatic rings. The van der Waals surface area contributed by atoms with Crippen molar-refractivity contribution in [1.29, 1.82) is 0 Å². The highest BCUT2D eigenvalue weighted by atomic mass is 15.0. The molecule has 4 aliphatic rings. The van der Waals surface area contributed by atoms with Crippen LogP contribution >= 0.6 is 0 Å². The third-order valence-electron chi connectivity index (χ3n) is 23.1. The van der Waals surface area contributed by atoms with E-state index in [4.69, 9.17) is 29.9 Å². The van der Waals surface area contributed by atoms with E-state index in [-0.39, 0.29) is 10.8 Å². The third kappa shape index (κ3) is 12.5. The zero-order valence-electron chi connectivity index (χ0n) is 60.2. The molecular formula is C102H78N6. The molecule has 0 bridgehead atoms. The molecule has 0 radical (unpaired) electrons. The van der Waals surface area contributed by atoms with Gasteiger partial charge in [-0.1, -0.05) is 360 Å². The quantitative estimate of drug-likeness (QED) is 0.121. The fraction of sp³-hybridized carbons (Fsp3) is 0.118. The van der Waals surface area contributed by atoms with Gasteiger partial charge in [0, 0.05) is 44.2 Å². The Morgan fingerprint density at radius 1 is 0.148 bits per heavy atom. The standard InChI is InChI=1S/2C51H39N3/c1-4-14-36(15-5-1)48-52-49(37-16-6-2-7-17-37)54-50(53-48)38-26-24-35(25-27-38)39-18-12-19-40(32-39)41-20-13-21-42(33-41)43-28-29-47-45(34-43)44-22-8-9-23-46(44)51(47)30-10-3-11-31-51;1-4-13-39(14-5-1)48-52-49(40-15-6-2-7-16-40)54-50(53-48)43-18-12-17-41(33-43)37-25-21-35(22-26-37)36-23-27-38(28-24-36)42-29-30-47-45(34-42)44-19-8-9-20-46(44)51(47)31-10-3-11-32-51/h1-2,4-9,12-29,32-34H,3,10-11,30-31H2;1-2,4-9,12-30,33-34H,3,10-11,31-32H2. The van der Waals surface area contributed by atoms with Gasteiger partial charge in [0.15, 0.2) is 34.9 Å². The van der Waals surface area contributed by atoms with E-state index in [0.29, 0.717) is 34.9 Å². The molecule has 6 heteroatoms.